The van der Waals surface area contributed by atoms with Crippen LogP contribution in [0.5, 0.6) is 0 Å². The number of aromatic nitrogens is 2. The number of hydrogen-bond donors (Lipinski definition) is 1. The van der Waals surface area contributed by atoms with E-state index in [1.807, 2.05) is 18.4 Å². The zero-order valence-electron chi connectivity index (χ0n) is 12.3. The van der Waals surface area contributed by atoms with Crippen molar-refractivity contribution in [1.82, 2.24) is 14.9 Å². The number of amides is 1. The van der Waals surface area contributed by atoms with Gasteiger partial charge in [0.15, 0.2) is 0 Å². The number of fused-ring (bicyclic) bond motifs is 1. The number of thiophene rings is 1. The van der Waals surface area contributed by atoms with Crippen molar-refractivity contribution >= 4 is 27.5 Å². The van der Waals surface area contributed by atoms with Gasteiger partial charge < -0.3 is 9.88 Å². The summed E-state index contributed by atoms with van der Waals surface area (Å²) < 4.78 is 0.635. The number of H-pyrrole nitrogens is 1. The molecule has 1 aliphatic carbocycles. The van der Waals surface area contributed by atoms with Gasteiger partial charge in [-0.25, -0.2) is 4.98 Å². The van der Waals surface area contributed by atoms with Crippen LogP contribution in [0.4, 0.5) is 0 Å². The maximum Gasteiger partial charge on any atom is 0.268 e. The molecule has 0 atom stereocenters. The Morgan fingerprint density at radius 3 is 2.90 bits per heavy atom. The van der Waals surface area contributed by atoms with Crippen molar-refractivity contribution in [3.8, 4) is 0 Å². The van der Waals surface area contributed by atoms with E-state index in [1.165, 1.54) is 11.3 Å². The topological polar surface area (TPSA) is 66.1 Å². The molecule has 6 heteroatoms. The number of nitrogens with zero attached hydrogens (tertiary/aromatic N) is 2. The van der Waals surface area contributed by atoms with Crippen molar-refractivity contribution in [3.63, 3.8) is 0 Å². The molecule has 0 saturated heterocycles. The van der Waals surface area contributed by atoms with Crippen molar-refractivity contribution in [1.29, 1.82) is 0 Å². The van der Waals surface area contributed by atoms with E-state index in [0.717, 1.165) is 25.7 Å². The van der Waals surface area contributed by atoms with Crippen LogP contribution in [0.1, 0.15) is 38.4 Å². The van der Waals surface area contributed by atoms with Crippen LogP contribution in [-0.4, -0.2) is 27.8 Å². The van der Waals surface area contributed by atoms with Gasteiger partial charge in [-0.15, -0.1) is 11.3 Å². The SMILES string of the molecule is CN(Cc1nc2ccsc2c(=O)[nH]1)C(=O)C1(C)CCCC1. The van der Waals surface area contributed by atoms with Gasteiger partial charge in [0.25, 0.3) is 5.56 Å². The third-order valence-electron chi connectivity index (χ3n) is 4.32. The quantitative estimate of drug-likeness (QED) is 0.947. The second-order valence-corrected chi connectivity index (χ2v) is 6.99. The van der Waals surface area contributed by atoms with Crippen molar-refractivity contribution < 1.29 is 4.79 Å². The molecule has 2 heterocycles. The standard InChI is InChI=1S/C15H19N3O2S/c1-15(6-3-4-7-15)14(20)18(2)9-11-16-10-5-8-21-12(10)13(19)17-11/h5,8H,3-4,6-7,9H2,1-2H3,(H,16,17,19). The average Bonchev–Trinajstić information content (AvgIpc) is 3.07. The fraction of sp³-hybridized carbons (Fsp3) is 0.533. The molecule has 0 spiro atoms. The monoisotopic (exact) mass is 305 g/mol. The number of carbonyl (C=O) groups excluding carboxylic acids is 1. The van der Waals surface area contributed by atoms with Gasteiger partial charge in [-0.1, -0.05) is 19.8 Å². The first kappa shape index (κ1) is 14.3. The Morgan fingerprint density at radius 2 is 2.19 bits per heavy atom. The number of aromatic amines is 1. The maximum absolute atomic E-state index is 12.6. The van der Waals surface area contributed by atoms with Gasteiger partial charge in [-0.3, -0.25) is 9.59 Å². The molecule has 0 unspecified atom stereocenters. The minimum atomic E-state index is -0.248. The Morgan fingerprint density at radius 1 is 1.48 bits per heavy atom. The molecule has 21 heavy (non-hydrogen) atoms. The highest BCUT2D eigenvalue weighted by Crippen LogP contribution is 2.39. The third-order valence-corrected chi connectivity index (χ3v) is 5.22. The minimum absolute atomic E-state index is 0.127. The normalized spacial score (nSPS) is 17.2. The summed E-state index contributed by atoms with van der Waals surface area (Å²) in [7, 11) is 1.78. The van der Waals surface area contributed by atoms with Crippen LogP contribution in [0.15, 0.2) is 16.2 Å². The van der Waals surface area contributed by atoms with Gasteiger partial charge in [0, 0.05) is 12.5 Å². The molecule has 2 aromatic heterocycles. The smallest absolute Gasteiger partial charge is 0.268 e. The highest BCUT2D eigenvalue weighted by Gasteiger charge is 2.38. The van der Waals surface area contributed by atoms with E-state index < -0.39 is 0 Å². The molecule has 2 aromatic rings. The van der Waals surface area contributed by atoms with Crippen LogP contribution in [-0.2, 0) is 11.3 Å². The lowest BCUT2D eigenvalue weighted by Crippen LogP contribution is -2.38. The molecule has 1 fully saturated rings. The molecule has 3 rings (SSSR count). The van der Waals surface area contributed by atoms with Crippen LogP contribution in [0, 0.1) is 5.41 Å². The third kappa shape index (κ3) is 2.60. The summed E-state index contributed by atoms with van der Waals surface area (Å²) in [4.78, 5) is 33.4. The summed E-state index contributed by atoms with van der Waals surface area (Å²) in [5.74, 6) is 0.691. The van der Waals surface area contributed by atoms with E-state index in [1.54, 1.807) is 11.9 Å². The summed E-state index contributed by atoms with van der Waals surface area (Å²) in [6, 6.07) is 1.83. The van der Waals surface area contributed by atoms with Gasteiger partial charge in [0.2, 0.25) is 5.91 Å². The van der Waals surface area contributed by atoms with E-state index in [9.17, 15) is 9.59 Å². The first-order valence-corrected chi connectivity index (χ1v) is 8.09. The number of hydrogen-bond acceptors (Lipinski definition) is 4. The van der Waals surface area contributed by atoms with Crippen molar-refractivity contribution in [2.75, 3.05) is 7.05 Å². The molecule has 1 N–H and O–H groups in total. The molecule has 1 amide bonds. The summed E-state index contributed by atoms with van der Waals surface area (Å²) in [6.45, 7) is 2.38. The molecule has 5 nitrogen and oxygen atoms in total. The van der Waals surface area contributed by atoms with Crippen LogP contribution >= 0.6 is 11.3 Å². The molecule has 0 bridgehead atoms. The molecule has 0 aromatic carbocycles. The molecular weight excluding hydrogens is 286 g/mol. The lowest BCUT2D eigenvalue weighted by molar-refractivity contribution is -0.140. The zero-order chi connectivity index (χ0) is 15.0. The minimum Gasteiger partial charge on any atom is -0.338 e. The fourth-order valence-electron chi connectivity index (χ4n) is 3.12. The number of nitrogens with one attached hydrogen (secondary N) is 1. The summed E-state index contributed by atoms with van der Waals surface area (Å²) in [6.07, 6.45) is 4.13. The lowest BCUT2D eigenvalue weighted by atomic mass is 9.87. The Bertz CT molecular complexity index is 728. The number of carbonyl (C=O) groups is 1. The van der Waals surface area contributed by atoms with E-state index in [-0.39, 0.29) is 16.9 Å². The molecule has 0 radical (unpaired) electrons. The van der Waals surface area contributed by atoms with E-state index >= 15 is 0 Å². The molecule has 0 aliphatic heterocycles. The van der Waals surface area contributed by atoms with Crippen LogP contribution in [0.2, 0.25) is 0 Å². The maximum atomic E-state index is 12.6. The summed E-state index contributed by atoms with van der Waals surface area (Å²) >= 11 is 1.38. The predicted molar refractivity (Wildman–Crippen MR) is 83.3 cm³/mol. The van der Waals surface area contributed by atoms with E-state index in [2.05, 4.69) is 9.97 Å². The van der Waals surface area contributed by atoms with Gasteiger partial charge >= 0.3 is 0 Å². The fourth-order valence-corrected chi connectivity index (χ4v) is 3.85. The Kier molecular flexibility index (Phi) is 3.57. The van der Waals surface area contributed by atoms with Gasteiger partial charge in [-0.05, 0) is 24.3 Å². The van der Waals surface area contributed by atoms with Crippen LogP contribution in [0.25, 0.3) is 10.2 Å². The number of rotatable bonds is 3. The summed E-state index contributed by atoms with van der Waals surface area (Å²) in [5.41, 5.74) is 0.325. The second kappa shape index (κ2) is 5.26. The second-order valence-electron chi connectivity index (χ2n) is 6.08. The molecular formula is C15H19N3O2S. The lowest BCUT2D eigenvalue weighted by Gasteiger charge is -2.28. The largest absolute Gasteiger partial charge is 0.338 e. The van der Waals surface area contributed by atoms with Crippen molar-refractivity contribution in [3.05, 3.63) is 27.6 Å². The Balaban J connectivity index is 1.81. The highest BCUT2D eigenvalue weighted by molar-refractivity contribution is 7.17. The van der Waals surface area contributed by atoms with Crippen molar-refractivity contribution in [2.24, 2.45) is 5.41 Å². The first-order chi connectivity index (χ1) is 9.99. The van der Waals surface area contributed by atoms with Crippen LogP contribution in [0.3, 0.4) is 0 Å². The van der Waals surface area contributed by atoms with E-state index in [4.69, 9.17) is 0 Å². The Labute approximate surface area is 127 Å². The average molecular weight is 305 g/mol. The highest BCUT2D eigenvalue weighted by atomic mass is 32.1. The Hall–Kier alpha value is -1.69. The predicted octanol–water partition coefficient (Wildman–Crippen LogP) is 2.52. The zero-order valence-corrected chi connectivity index (χ0v) is 13.1. The molecule has 1 saturated carbocycles. The van der Waals surface area contributed by atoms with Gasteiger partial charge in [0.1, 0.15) is 10.5 Å². The van der Waals surface area contributed by atoms with Crippen LogP contribution < -0.4 is 5.56 Å². The van der Waals surface area contributed by atoms with E-state index in [0.29, 0.717) is 22.6 Å². The summed E-state index contributed by atoms with van der Waals surface area (Å²) in [5, 5.41) is 1.85. The van der Waals surface area contributed by atoms with Gasteiger partial charge in [0.05, 0.1) is 12.1 Å². The first-order valence-electron chi connectivity index (χ1n) is 7.22. The molecule has 112 valence electrons. The van der Waals surface area contributed by atoms with Crippen molar-refractivity contribution in [2.45, 2.75) is 39.2 Å². The van der Waals surface area contributed by atoms with Gasteiger partial charge in [-0.2, -0.15) is 0 Å². The molecule has 1 aliphatic rings.